The molecule has 2 aromatic carbocycles. The minimum atomic E-state index is -3.75. The first-order valence-corrected chi connectivity index (χ1v) is 9.38. The van der Waals surface area contributed by atoms with Crippen LogP contribution < -0.4 is 5.73 Å². The van der Waals surface area contributed by atoms with E-state index in [9.17, 15) is 13.2 Å². The molecule has 0 saturated carbocycles. The summed E-state index contributed by atoms with van der Waals surface area (Å²) in [6.45, 7) is 0.722. The Balaban J connectivity index is 2.01. The fourth-order valence-electron chi connectivity index (χ4n) is 2.96. The van der Waals surface area contributed by atoms with E-state index >= 15 is 0 Å². The molecule has 1 unspecified atom stereocenters. The van der Waals surface area contributed by atoms with Crippen LogP contribution in [0.3, 0.4) is 0 Å². The van der Waals surface area contributed by atoms with Crippen LogP contribution in [-0.4, -0.2) is 37.6 Å². The molecule has 1 heterocycles. The van der Waals surface area contributed by atoms with Crippen LogP contribution in [0.1, 0.15) is 28.8 Å². The molecule has 2 N–H and O–H groups in total. The predicted molar refractivity (Wildman–Crippen MR) is 92.3 cm³/mol. The highest BCUT2D eigenvalue weighted by molar-refractivity contribution is 7.89. The summed E-state index contributed by atoms with van der Waals surface area (Å²) in [6.07, 6.45) is 1.55. The van der Waals surface area contributed by atoms with Gasteiger partial charge in [0.2, 0.25) is 10.0 Å². The largest absolute Gasteiger partial charge is 0.327 e. The molecular formula is C18H20N2O3S. The molecule has 1 saturated heterocycles. The molecule has 2 aromatic rings. The Kier molecular flexibility index (Phi) is 4.80. The van der Waals surface area contributed by atoms with Crippen LogP contribution in [-0.2, 0) is 10.0 Å². The Hall–Kier alpha value is -2.02. The number of piperidine rings is 1. The molecule has 126 valence electrons. The lowest BCUT2D eigenvalue weighted by atomic mass is 10.0. The number of ketones is 1. The summed E-state index contributed by atoms with van der Waals surface area (Å²) in [4.78, 5) is 12.8. The summed E-state index contributed by atoms with van der Waals surface area (Å²) < 4.78 is 27.4. The van der Waals surface area contributed by atoms with Crippen molar-refractivity contribution in [2.45, 2.75) is 23.8 Å². The molecule has 0 amide bonds. The molecule has 1 atom stereocenters. The molecule has 1 fully saturated rings. The first-order valence-electron chi connectivity index (χ1n) is 7.94. The third-order valence-electron chi connectivity index (χ3n) is 4.21. The Morgan fingerprint density at radius 2 is 1.71 bits per heavy atom. The number of hydrogen-bond acceptors (Lipinski definition) is 4. The number of carbonyl (C=O) groups is 1. The van der Waals surface area contributed by atoms with Crippen LogP contribution >= 0.6 is 0 Å². The number of nitrogens with two attached hydrogens (primary N) is 1. The Labute approximate surface area is 142 Å². The summed E-state index contributed by atoms with van der Waals surface area (Å²) in [7, 11) is -3.75. The van der Waals surface area contributed by atoms with E-state index in [2.05, 4.69) is 0 Å². The molecule has 0 aliphatic carbocycles. The van der Waals surface area contributed by atoms with E-state index in [0.29, 0.717) is 12.1 Å². The monoisotopic (exact) mass is 344 g/mol. The third-order valence-corrected chi connectivity index (χ3v) is 6.13. The molecule has 1 aliphatic heterocycles. The molecule has 0 radical (unpaired) electrons. The average molecular weight is 344 g/mol. The number of rotatable bonds is 4. The van der Waals surface area contributed by atoms with Crippen molar-refractivity contribution in [2.75, 3.05) is 13.1 Å². The minimum Gasteiger partial charge on any atom is -0.327 e. The van der Waals surface area contributed by atoms with Gasteiger partial charge in [-0.25, -0.2) is 8.42 Å². The number of sulfonamides is 1. The molecule has 1 aliphatic rings. The molecule has 3 rings (SSSR count). The van der Waals surface area contributed by atoms with E-state index in [0.717, 1.165) is 12.8 Å². The zero-order valence-electron chi connectivity index (χ0n) is 13.3. The quantitative estimate of drug-likeness (QED) is 0.861. The van der Waals surface area contributed by atoms with Crippen LogP contribution in [0.15, 0.2) is 59.5 Å². The van der Waals surface area contributed by atoms with Crippen molar-refractivity contribution in [1.82, 2.24) is 4.31 Å². The summed E-state index contributed by atoms with van der Waals surface area (Å²) in [5, 5.41) is 0. The summed E-state index contributed by atoms with van der Waals surface area (Å²) >= 11 is 0. The van der Waals surface area contributed by atoms with Crippen molar-refractivity contribution < 1.29 is 13.2 Å². The molecule has 0 spiro atoms. The molecule has 0 bridgehead atoms. The lowest BCUT2D eigenvalue weighted by molar-refractivity contribution is 0.103. The molecule has 5 nitrogen and oxygen atoms in total. The molecular weight excluding hydrogens is 324 g/mol. The Morgan fingerprint density at radius 3 is 2.42 bits per heavy atom. The molecule has 24 heavy (non-hydrogen) atoms. The minimum absolute atomic E-state index is 0.0490. The zero-order valence-corrected chi connectivity index (χ0v) is 14.1. The van der Waals surface area contributed by atoms with Gasteiger partial charge in [-0.05, 0) is 25.0 Å². The van der Waals surface area contributed by atoms with Gasteiger partial charge in [0.1, 0.15) is 0 Å². The van der Waals surface area contributed by atoms with Crippen molar-refractivity contribution in [2.24, 2.45) is 5.73 Å². The fraction of sp³-hybridized carbons (Fsp3) is 0.278. The fourth-order valence-corrected chi connectivity index (χ4v) is 4.68. The SMILES string of the molecule is NC1CCCN(S(=O)(=O)c2ccccc2C(=O)c2ccccc2)C1. The van der Waals surface area contributed by atoms with Crippen LogP contribution in [0.5, 0.6) is 0 Å². The summed E-state index contributed by atoms with van der Waals surface area (Å²) in [6, 6.07) is 14.9. The Bertz CT molecular complexity index is 834. The normalized spacial score (nSPS) is 19.1. The standard InChI is InChI=1S/C18H20N2O3S/c19-15-9-6-12-20(13-15)24(22,23)17-11-5-4-10-16(17)18(21)14-7-2-1-3-8-14/h1-5,7-8,10-11,15H,6,9,12-13,19H2. The highest BCUT2D eigenvalue weighted by atomic mass is 32.2. The number of carbonyl (C=O) groups excluding carboxylic acids is 1. The predicted octanol–water partition coefficient (Wildman–Crippen LogP) is 2.03. The zero-order chi connectivity index (χ0) is 17.2. The smallest absolute Gasteiger partial charge is 0.243 e. The van der Waals surface area contributed by atoms with Crippen molar-refractivity contribution in [1.29, 1.82) is 0 Å². The van der Waals surface area contributed by atoms with E-state index in [4.69, 9.17) is 5.73 Å². The molecule has 0 aromatic heterocycles. The van der Waals surface area contributed by atoms with Gasteiger partial charge in [0.15, 0.2) is 5.78 Å². The summed E-state index contributed by atoms with van der Waals surface area (Å²) in [5.74, 6) is -0.295. The number of nitrogens with zero attached hydrogens (tertiary/aromatic N) is 1. The van der Waals surface area contributed by atoms with Gasteiger partial charge in [-0.2, -0.15) is 4.31 Å². The van der Waals surface area contributed by atoms with E-state index in [1.54, 1.807) is 42.5 Å². The van der Waals surface area contributed by atoms with Crippen molar-refractivity contribution >= 4 is 15.8 Å². The first kappa shape index (κ1) is 16.8. The first-order chi connectivity index (χ1) is 11.5. The maximum atomic E-state index is 13.0. The van der Waals surface area contributed by atoms with Gasteiger partial charge >= 0.3 is 0 Å². The topological polar surface area (TPSA) is 80.5 Å². The highest BCUT2D eigenvalue weighted by Crippen LogP contribution is 2.25. The Morgan fingerprint density at radius 1 is 1.04 bits per heavy atom. The maximum absolute atomic E-state index is 13.0. The van der Waals surface area contributed by atoms with Gasteiger partial charge in [-0.15, -0.1) is 0 Å². The highest BCUT2D eigenvalue weighted by Gasteiger charge is 2.31. The van der Waals surface area contributed by atoms with Crippen LogP contribution in [0.4, 0.5) is 0 Å². The number of hydrogen-bond donors (Lipinski definition) is 1. The van der Waals surface area contributed by atoms with Gasteiger partial charge in [-0.3, -0.25) is 4.79 Å². The van der Waals surface area contributed by atoms with Gasteiger partial charge < -0.3 is 5.73 Å². The number of benzene rings is 2. The van der Waals surface area contributed by atoms with E-state index in [1.165, 1.54) is 10.4 Å². The van der Waals surface area contributed by atoms with Crippen LogP contribution in [0, 0.1) is 0 Å². The maximum Gasteiger partial charge on any atom is 0.243 e. The van der Waals surface area contributed by atoms with E-state index in [1.807, 2.05) is 6.07 Å². The van der Waals surface area contributed by atoms with Gasteiger partial charge in [0.25, 0.3) is 0 Å². The lowest BCUT2D eigenvalue weighted by Gasteiger charge is -2.30. The van der Waals surface area contributed by atoms with Crippen LogP contribution in [0.2, 0.25) is 0 Å². The lowest BCUT2D eigenvalue weighted by Crippen LogP contribution is -2.45. The second-order valence-electron chi connectivity index (χ2n) is 5.96. The average Bonchev–Trinajstić information content (AvgIpc) is 2.62. The second kappa shape index (κ2) is 6.84. The van der Waals surface area contributed by atoms with Crippen LogP contribution in [0.25, 0.3) is 0 Å². The third kappa shape index (κ3) is 3.26. The summed E-state index contributed by atoms with van der Waals surface area (Å²) in [5.41, 5.74) is 6.58. The van der Waals surface area contributed by atoms with Crippen molar-refractivity contribution in [3.63, 3.8) is 0 Å². The van der Waals surface area contributed by atoms with Gasteiger partial charge in [-0.1, -0.05) is 42.5 Å². The second-order valence-corrected chi connectivity index (χ2v) is 7.86. The van der Waals surface area contributed by atoms with E-state index < -0.39 is 10.0 Å². The van der Waals surface area contributed by atoms with Gasteiger partial charge in [0, 0.05) is 30.3 Å². The molecule has 6 heteroatoms. The van der Waals surface area contributed by atoms with Gasteiger partial charge in [0.05, 0.1) is 4.90 Å². The van der Waals surface area contributed by atoms with Crippen molar-refractivity contribution in [3.8, 4) is 0 Å². The van der Waals surface area contributed by atoms with Crippen molar-refractivity contribution in [3.05, 3.63) is 65.7 Å². The van der Waals surface area contributed by atoms with E-state index in [-0.39, 0.29) is 28.8 Å².